The SMILES string of the molecule is C=CCOc1c(C=CC(=O)OC)ccc(C(OC)C23CC4CC(CC(C4)C2)C3)c1Cl. The van der Waals surface area contributed by atoms with Crippen LogP contribution in [0.5, 0.6) is 5.75 Å². The fourth-order valence-electron chi connectivity index (χ4n) is 6.64. The number of hydrogen-bond donors (Lipinski definition) is 0. The van der Waals surface area contributed by atoms with E-state index in [1.807, 2.05) is 12.1 Å². The third-order valence-electron chi connectivity index (χ3n) is 7.26. The van der Waals surface area contributed by atoms with Crippen LogP contribution in [0.4, 0.5) is 0 Å². The van der Waals surface area contributed by atoms with Crippen molar-refractivity contribution < 1.29 is 19.0 Å². The molecule has 0 amide bonds. The number of halogens is 1. The van der Waals surface area contributed by atoms with Crippen molar-refractivity contribution in [2.75, 3.05) is 20.8 Å². The van der Waals surface area contributed by atoms with Crippen LogP contribution in [0.15, 0.2) is 30.9 Å². The lowest BCUT2D eigenvalue weighted by atomic mass is 9.47. The Labute approximate surface area is 184 Å². The molecule has 0 aliphatic heterocycles. The largest absolute Gasteiger partial charge is 0.487 e. The molecule has 4 nitrogen and oxygen atoms in total. The molecule has 162 valence electrons. The van der Waals surface area contributed by atoms with Crippen molar-refractivity contribution in [3.05, 3.63) is 47.0 Å². The lowest BCUT2D eigenvalue weighted by Gasteiger charge is -2.59. The molecule has 4 fully saturated rings. The first-order valence-electron chi connectivity index (χ1n) is 10.8. The van der Waals surface area contributed by atoms with Gasteiger partial charge in [-0.05, 0) is 62.4 Å². The van der Waals surface area contributed by atoms with Gasteiger partial charge in [-0.15, -0.1) is 0 Å². The van der Waals surface area contributed by atoms with Gasteiger partial charge in [-0.2, -0.15) is 0 Å². The zero-order chi connectivity index (χ0) is 21.3. The van der Waals surface area contributed by atoms with Crippen LogP contribution in [0.25, 0.3) is 6.08 Å². The highest BCUT2D eigenvalue weighted by molar-refractivity contribution is 6.33. The molecule has 1 atom stereocenters. The fraction of sp³-hybridized carbons (Fsp3) is 0.560. The molecule has 4 saturated carbocycles. The van der Waals surface area contributed by atoms with Gasteiger partial charge in [-0.1, -0.05) is 36.4 Å². The van der Waals surface area contributed by atoms with E-state index in [9.17, 15) is 4.79 Å². The first-order chi connectivity index (χ1) is 14.5. The number of carbonyl (C=O) groups excluding carboxylic acids is 1. The van der Waals surface area contributed by atoms with Crippen LogP contribution in [0.3, 0.4) is 0 Å². The molecular weight excluding hydrogens is 400 g/mol. The maximum absolute atomic E-state index is 11.6. The molecule has 5 rings (SSSR count). The number of methoxy groups -OCH3 is 2. The molecule has 0 N–H and O–H groups in total. The Kier molecular flexibility index (Phi) is 6.26. The van der Waals surface area contributed by atoms with Gasteiger partial charge in [0.05, 0.1) is 18.2 Å². The Hall–Kier alpha value is -1.78. The van der Waals surface area contributed by atoms with E-state index in [1.165, 1.54) is 51.7 Å². The lowest BCUT2D eigenvalue weighted by molar-refractivity contribution is -0.134. The number of hydrogen-bond acceptors (Lipinski definition) is 4. The summed E-state index contributed by atoms with van der Waals surface area (Å²) in [5.74, 6) is 2.61. The van der Waals surface area contributed by atoms with E-state index in [-0.39, 0.29) is 11.5 Å². The predicted molar refractivity (Wildman–Crippen MR) is 119 cm³/mol. The first kappa shape index (κ1) is 21.5. The van der Waals surface area contributed by atoms with E-state index in [2.05, 4.69) is 6.58 Å². The monoisotopic (exact) mass is 430 g/mol. The molecule has 0 aromatic heterocycles. The Morgan fingerprint density at radius 2 is 1.83 bits per heavy atom. The second-order valence-electron chi connectivity index (χ2n) is 9.24. The Balaban J connectivity index is 1.71. The van der Waals surface area contributed by atoms with Crippen molar-refractivity contribution in [3.63, 3.8) is 0 Å². The van der Waals surface area contributed by atoms with Gasteiger partial charge in [0.2, 0.25) is 0 Å². The summed E-state index contributed by atoms with van der Waals surface area (Å²) < 4.78 is 16.8. The van der Waals surface area contributed by atoms with E-state index < -0.39 is 5.97 Å². The van der Waals surface area contributed by atoms with Crippen LogP contribution in [0.2, 0.25) is 5.02 Å². The number of benzene rings is 1. The normalized spacial score (nSPS) is 30.4. The number of esters is 1. The fourth-order valence-corrected chi connectivity index (χ4v) is 6.97. The first-order valence-corrected chi connectivity index (χ1v) is 11.2. The van der Waals surface area contributed by atoms with Gasteiger partial charge in [-0.3, -0.25) is 0 Å². The molecule has 0 saturated heterocycles. The molecule has 1 aromatic rings. The highest BCUT2D eigenvalue weighted by atomic mass is 35.5. The van der Waals surface area contributed by atoms with Gasteiger partial charge >= 0.3 is 5.97 Å². The molecule has 4 aliphatic rings. The number of carbonyl (C=O) groups is 1. The summed E-state index contributed by atoms with van der Waals surface area (Å²) in [4.78, 5) is 11.6. The lowest BCUT2D eigenvalue weighted by Crippen LogP contribution is -2.49. The van der Waals surface area contributed by atoms with Crippen molar-refractivity contribution in [1.82, 2.24) is 0 Å². The summed E-state index contributed by atoms with van der Waals surface area (Å²) in [5, 5.41) is 0.562. The third-order valence-corrected chi connectivity index (χ3v) is 7.65. The molecule has 5 heteroatoms. The maximum atomic E-state index is 11.6. The highest BCUT2D eigenvalue weighted by Gasteiger charge is 2.55. The van der Waals surface area contributed by atoms with Crippen molar-refractivity contribution in [2.45, 2.75) is 44.6 Å². The van der Waals surface area contributed by atoms with Crippen molar-refractivity contribution in [1.29, 1.82) is 0 Å². The van der Waals surface area contributed by atoms with Crippen molar-refractivity contribution in [3.8, 4) is 5.75 Å². The zero-order valence-corrected chi connectivity index (χ0v) is 18.6. The standard InChI is InChI=1S/C25H31ClO4/c1-4-9-30-23-19(6-8-21(27)28-2)5-7-20(22(23)26)24(29-3)25-13-16-10-17(14-25)12-18(11-16)15-25/h4-8,16-18,24H,1,9-15H2,2-3H3. The summed E-state index contributed by atoms with van der Waals surface area (Å²) in [6.07, 6.45) is 12.5. The van der Waals surface area contributed by atoms with Gasteiger partial charge in [0.1, 0.15) is 12.4 Å². The molecule has 0 spiro atoms. The summed E-state index contributed by atoms with van der Waals surface area (Å²) in [7, 11) is 3.15. The molecule has 4 aliphatic carbocycles. The van der Waals surface area contributed by atoms with Crippen LogP contribution < -0.4 is 4.74 Å². The minimum atomic E-state index is -0.423. The number of rotatable bonds is 8. The average Bonchev–Trinajstić information content (AvgIpc) is 2.72. The molecule has 1 unspecified atom stereocenters. The minimum absolute atomic E-state index is 0.0527. The van der Waals surface area contributed by atoms with E-state index in [0.29, 0.717) is 17.4 Å². The molecule has 0 heterocycles. The van der Waals surface area contributed by atoms with Crippen LogP contribution in [0, 0.1) is 23.2 Å². The average molecular weight is 431 g/mol. The molecule has 0 radical (unpaired) electrons. The second kappa shape index (κ2) is 8.76. The van der Waals surface area contributed by atoms with Crippen LogP contribution in [-0.4, -0.2) is 26.8 Å². The smallest absolute Gasteiger partial charge is 0.330 e. The topological polar surface area (TPSA) is 44.8 Å². The van der Waals surface area contributed by atoms with Crippen molar-refractivity contribution in [2.24, 2.45) is 23.2 Å². The summed E-state index contributed by atoms with van der Waals surface area (Å²) in [6.45, 7) is 4.07. The quantitative estimate of drug-likeness (QED) is 0.288. The number of ether oxygens (including phenoxy) is 3. The van der Waals surface area contributed by atoms with Gasteiger partial charge in [0.15, 0.2) is 0 Å². The van der Waals surface area contributed by atoms with E-state index >= 15 is 0 Å². The van der Waals surface area contributed by atoms with Crippen molar-refractivity contribution >= 4 is 23.6 Å². The molecule has 4 bridgehead atoms. The van der Waals surface area contributed by atoms with E-state index in [4.69, 9.17) is 25.8 Å². The van der Waals surface area contributed by atoms with Crippen LogP contribution in [-0.2, 0) is 14.3 Å². The molecule has 1 aromatic carbocycles. The molecule has 30 heavy (non-hydrogen) atoms. The van der Waals surface area contributed by atoms with E-state index in [1.54, 1.807) is 19.3 Å². The molecular formula is C25H31ClO4. The Morgan fingerprint density at radius 1 is 1.20 bits per heavy atom. The van der Waals surface area contributed by atoms with E-state index in [0.717, 1.165) is 28.9 Å². The van der Waals surface area contributed by atoms with Crippen LogP contribution in [0.1, 0.15) is 55.8 Å². The Morgan fingerprint density at radius 3 is 2.37 bits per heavy atom. The highest BCUT2D eigenvalue weighted by Crippen LogP contribution is 2.65. The van der Waals surface area contributed by atoms with Gasteiger partial charge in [-0.25, -0.2) is 4.79 Å². The predicted octanol–water partition coefficient (Wildman–Crippen LogP) is 5.99. The van der Waals surface area contributed by atoms with Gasteiger partial charge < -0.3 is 14.2 Å². The second-order valence-corrected chi connectivity index (χ2v) is 9.62. The summed E-state index contributed by atoms with van der Waals surface area (Å²) in [6, 6.07) is 3.98. The summed E-state index contributed by atoms with van der Waals surface area (Å²) >= 11 is 6.92. The van der Waals surface area contributed by atoms with Gasteiger partial charge in [0.25, 0.3) is 0 Å². The van der Waals surface area contributed by atoms with Crippen LogP contribution >= 0.6 is 11.6 Å². The maximum Gasteiger partial charge on any atom is 0.330 e. The Bertz CT molecular complexity index is 809. The third kappa shape index (κ3) is 3.92. The zero-order valence-electron chi connectivity index (χ0n) is 17.9. The summed E-state index contributed by atoms with van der Waals surface area (Å²) in [5.41, 5.74) is 1.87. The minimum Gasteiger partial charge on any atom is -0.487 e. The van der Waals surface area contributed by atoms with Gasteiger partial charge in [0, 0.05) is 29.7 Å².